The molecule has 1 saturated carbocycles. The van der Waals surface area contributed by atoms with Crippen molar-refractivity contribution < 1.29 is 8.78 Å². The summed E-state index contributed by atoms with van der Waals surface area (Å²) < 4.78 is 26.3. The number of benzene rings is 1. The topological polar surface area (TPSA) is 53.1 Å². The Bertz CT molecular complexity index is 773. The minimum Gasteiger partial charge on any atom is -0.367 e. The maximum Gasteiger partial charge on any atom is 0.159 e. The Balaban J connectivity index is 1.48. The summed E-state index contributed by atoms with van der Waals surface area (Å²) >= 11 is 0. The molecule has 1 aromatic heterocycles. The maximum atomic E-state index is 13.3. The smallest absolute Gasteiger partial charge is 0.159 e. The van der Waals surface area contributed by atoms with Crippen LogP contribution in [-0.4, -0.2) is 36.1 Å². The summed E-state index contributed by atoms with van der Waals surface area (Å²) in [5.74, 6) is 0.920. The number of halogens is 2. The lowest BCUT2D eigenvalue weighted by molar-refractivity contribution is 0.352. The van der Waals surface area contributed by atoms with E-state index in [1.54, 1.807) is 6.07 Å². The van der Waals surface area contributed by atoms with Crippen LogP contribution in [0.15, 0.2) is 24.3 Å². The van der Waals surface area contributed by atoms with Crippen molar-refractivity contribution in [1.29, 1.82) is 0 Å². The van der Waals surface area contributed by atoms with Crippen LogP contribution in [0.4, 0.5) is 20.4 Å². The van der Waals surface area contributed by atoms with E-state index in [-0.39, 0.29) is 0 Å². The van der Waals surface area contributed by atoms with Crippen molar-refractivity contribution in [1.82, 2.24) is 15.3 Å². The molecule has 0 atom stereocenters. The van der Waals surface area contributed by atoms with Gasteiger partial charge in [-0.15, -0.1) is 0 Å². The van der Waals surface area contributed by atoms with Crippen molar-refractivity contribution >= 4 is 11.6 Å². The summed E-state index contributed by atoms with van der Waals surface area (Å²) in [7, 11) is 3.94. The molecule has 0 spiro atoms. The molecule has 0 radical (unpaired) electrons. The lowest BCUT2D eigenvalue weighted by Crippen LogP contribution is -2.36. The van der Waals surface area contributed by atoms with E-state index in [1.165, 1.54) is 12.1 Å². The van der Waals surface area contributed by atoms with Crippen LogP contribution in [0.2, 0.25) is 0 Å². The molecule has 0 aliphatic heterocycles. The molecular formula is C20H27F2N5. The van der Waals surface area contributed by atoms with E-state index in [4.69, 9.17) is 0 Å². The average molecular weight is 375 g/mol. The monoisotopic (exact) mass is 375 g/mol. The van der Waals surface area contributed by atoms with Gasteiger partial charge >= 0.3 is 0 Å². The van der Waals surface area contributed by atoms with Crippen molar-refractivity contribution in [2.24, 2.45) is 0 Å². The van der Waals surface area contributed by atoms with Crippen LogP contribution in [-0.2, 0) is 6.54 Å². The first-order valence-corrected chi connectivity index (χ1v) is 9.37. The van der Waals surface area contributed by atoms with Crippen LogP contribution in [0.1, 0.15) is 37.1 Å². The molecule has 7 heteroatoms. The van der Waals surface area contributed by atoms with Gasteiger partial charge in [0.05, 0.1) is 0 Å². The van der Waals surface area contributed by atoms with Crippen molar-refractivity contribution in [3.8, 4) is 0 Å². The van der Waals surface area contributed by atoms with E-state index in [0.29, 0.717) is 18.6 Å². The van der Waals surface area contributed by atoms with Crippen molar-refractivity contribution in [2.45, 2.75) is 51.2 Å². The Kier molecular flexibility index (Phi) is 6.21. The van der Waals surface area contributed by atoms with Gasteiger partial charge < -0.3 is 15.5 Å². The van der Waals surface area contributed by atoms with E-state index < -0.39 is 11.6 Å². The normalized spacial score (nSPS) is 19.7. The average Bonchev–Trinajstić information content (AvgIpc) is 2.63. The molecule has 1 aliphatic rings. The van der Waals surface area contributed by atoms with Crippen LogP contribution in [0.5, 0.6) is 0 Å². The molecule has 1 fully saturated rings. The van der Waals surface area contributed by atoms with Gasteiger partial charge in [0.2, 0.25) is 0 Å². The second-order valence-corrected chi connectivity index (χ2v) is 7.38. The number of hydrogen-bond donors (Lipinski definition) is 2. The van der Waals surface area contributed by atoms with Gasteiger partial charge in [-0.2, -0.15) is 0 Å². The minimum absolute atomic E-state index is 0.385. The summed E-state index contributed by atoms with van der Waals surface area (Å²) in [6.07, 6.45) is 4.14. The second-order valence-electron chi connectivity index (χ2n) is 7.38. The summed E-state index contributed by atoms with van der Waals surface area (Å²) in [5.41, 5.74) is 0.766. The van der Waals surface area contributed by atoms with Crippen molar-refractivity contribution in [2.75, 3.05) is 24.3 Å². The molecule has 1 aromatic carbocycles. The second kappa shape index (κ2) is 8.61. The van der Waals surface area contributed by atoms with Crippen LogP contribution >= 0.6 is 0 Å². The molecule has 3 rings (SSSR count). The number of nitrogens with zero attached hydrogens (tertiary/aromatic N) is 3. The lowest BCUT2D eigenvalue weighted by atomic mass is 9.91. The van der Waals surface area contributed by atoms with Crippen molar-refractivity contribution in [3.05, 3.63) is 47.3 Å². The highest BCUT2D eigenvalue weighted by molar-refractivity contribution is 5.49. The maximum absolute atomic E-state index is 13.3. The summed E-state index contributed by atoms with van der Waals surface area (Å²) in [5, 5.41) is 6.98. The first-order valence-electron chi connectivity index (χ1n) is 9.37. The molecule has 0 bridgehead atoms. The molecular weight excluding hydrogens is 348 g/mol. The predicted molar refractivity (Wildman–Crippen MR) is 104 cm³/mol. The molecule has 146 valence electrons. The molecule has 0 unspecified atom stereocenters. The fourth-order valence-electron chi connectivity index (χ4n) is 3.42. The molecule has 1 heterocycles. The van der Waals surface area contributed by atoms with Crippen LogP contribution < -0.4 is 15.5 Å². The zero-order valence-electron chi connectivity index (χ0n) is 16.1. The Morgan fingerprint density at radius 3 is 2.37 bits per heavy atom. The van der Waals surface area contributed by atoms with Gasteiger partial charge in [0.15, 0.2) is 11.6 Å². The first-order chi connectivity index (χ1) is 12.9. The van der Waals surface area contributed by atoms with Gasteiger partial charge in [0.1, 0.15) is 17.5 Å². The number of hydrogen-bond acceptors (Lipinski definition) is 5. The number of anilines is 2. The number of rotatable bonds is 6. The van der Waals surface area contributed by atoms with Gasteiger partial charge in [-0.3, -0.25) is 0 Å². The summed E-state index contributed by atoms with van der Waals surface area (Å²) in [6, 6.07) is 6.81. The molecule has 2 aromatic rings. The Morgan fingerprint density at radius 2 is 1.70 bits per heavy atom. The molecule has 0 amide bonds. The van der Waals surface area contributed by atoms with E-state index in [0.717, 1.165) is 48.7 Å². The highest BCUT2D eigenvalue weighted by Crippen LogP contribution is 2.23. The highest BCUT2D eigenvalue weighted by atomic mass is 19.2. The molecule has 1 aliphatic carbocycles. The number of aromatic nitrogens is 2. The Morgan fingerprint density at radius 1 is 1.00 bits per heavy atom. The first kappa shape index (κ1) is 19.5. The third-order valence-corrected chi connectivity index (χ3v) is 4.94. The molecule has 0 saturated heterocycles. The van der Waals surface area contributed by atoms with Gasteiger partial charge in [0, 0.05) is 38.8 Å². The summed E-state index contributed by atoms with van der Waals surface area (Å²) in [6.45, 7) is 2.45. The Labute approximate surface area is 159 Å². The standard InChI is InChI=1S/C20H27F2N5/c1-13-24-19(11-20(25-13)27(2)3)26-16-7-5-15(6-8-16)23-12-14-4-9-17(21)18(22)10-14/h4,9-11,15-16,23H,5-8,12H2,1-3H3,(H,24,25,26)/t15-,16+. The largest absolute Gasteiger partial charge is 0.367 e. The molecule has 27 heavy (non-hydrogen) atoms. The predicted octanol–water partition coefficient (Wildman–Crippen LogP) is 3.64. The Hall–Kier alpha value is -2.28. The molecule has 2 N–H and O–H groups in total. The minimum atomic E-state index is -0.803. The fourth-order valence-corrected chi connectivity index (χ4v) is 3.42. The SMILES string of the molecule is Cc1nc(N[C@H]2CC[C@@H](NCc3ccc(F)c(F)c3)CC2)cc(N(C)C)n1. The highest BCUT2D eigenvalue weighted by Gasteiger charge is 2.21. The van der Waals surface area contributed by atoms with E-state index in [1.807, 2.05) is 32.0 Å². The third kappa shape index (κ3) is 5.35. The van der Waals surface area contributed by atoms with E-state index >= 15 is 0 Å². The lowest BCUT2D eigenvalue weighted by Gasteiger charge is -2.30. The van der Waals surface area contributed by atoms with E-state index in [2.05, 4.69) is 20.6 Å². The van der Waals surface area contributed by atoms with Crippen LogP contribution in [0.25, 0.3) is 0 Å². The van der Waals surface area contributed by atoms with Gasteiger partial charge in [0.25, 0.3) is 0 Å². The zero-order chi connectivity index (χ0) is 19.4. The quantitative estimate of drug-likeness (QED) is 0.807. The fraction of sp³-hybridized carbons (Fsp3) is 0.500. The van der Waals surface area contributed by atoms with Gasteiger partial charge in [-0.25, -0.2) is 18.7 Å². The summed E-state index contributed by atoms with van der Waals surface area (Å²) in [4.78, 5) is 10.9. The molecule has 5 nitrogen and oxygen atoms in total. The van der Waals surface area contributed by atoms with Crippen molar-refractivity contribution in [3.63, 3.8) is 0 Å². The van der Waals surface area contributed by atoms with Crippen LogP contribution in [0, 0.1) is 18.6 Å². The zero-order valence-corrected chi connectivity index (χ0v) is 16.1. The van der Waals surface area contributed by atoms with Crippen LogP contribution in [0.3, 0.4) is 0 Å². The third-order valence-electron chi connectivity index (χ3n) is 4.94. The van der Waals surface area contributed by atoms with E-state index in [9.17, 15) is 8.78 Å². The van der Waals surface area contributed by atoms with Gasteiger partial charge in [-0.1, -0.05) is 6.07 Å². The van der Waals surface area contributed by atoms with Gasteiger partial charge in [-0.05, 0) is 50.3 Å². The number of nitrogens with one attached hydrogen (secondary N) is 2. The number of aryl methyl sites for hydroxylation is 1.